The number of sulfonamides is 1. The van der Waals surface area contributed by atoms with E-state index in [0.717, 1.165) is 6.07 Å². The van der Waals surface area contributed by atoms with Crippen LogP contribution in [0.25, 0.3) is 0 Å². The van der Waals surface area contributed by atoms with Gasteiger partial charge in [0.15, 0.2) is 4.90 Å². The Morgan fingerprint density at radius 1 is 1.47 bits per heavy atom. The molecule has 0 saturated heterocycles. The average Bonchev–Trinajstić information content (AvgIpc) is 2.35. The second-order valence-corrected chi connectivity index (χ2v) is 5.74. The first-order valence-corrected chi connectivity index (χ1v) is 7.19. The van der Waals surface area contributed by atoms with Crippen molar-refractivity contribution >= 4 is 15.7 Å². The fraction of sp³-hybridized carbons (Fsp3) is 0.455. The van der Waals surface area contributed by atoms with Gasteiger partial charge in [0.1, 0.15) is 0 Å². The SMILES string of the molecule is CC[C@H](CO)NS(=O)(=O)c1c(C)cccc1[N+](=O)[O-]. The number of rotatable bonds is 6. The topological polar surface area (TPSA) is 110 Å². The van der Waals surface area contributed by atoms with Crippen LogP contribution in [-0.4, -0.2) is 31.1 Å². The van der Waals surface area contributed by atoms with Crippen LogP contribution < -0.4 is 4.72 Å². The largest absolute Gasteiger partial charge is 0.395 e. The summed E-state index contributed by atoms with van der Waals surface area (Å²) in [6.45, 7) is 2.83. The van der Waals surface area contributed by atoms with Crippen LogP contribution in [0.2, 0.25) is 0 Å². The van der Waals surface area contributed by atoms with E-state index < -0.39 is 26.7 Å². The zero-order valence-electron chi connectivity index (χ0n) is 10.7. The van der Waals surface area contributed by atoms with Crippen LogP contribution in [0.5, 0.6) is 0 Å². The monoisotopic (exact) mass is 288 g/mol. The molecule has 1 aromatic carbocycles. The molecule has 1 rings (SSSR count). The maximum atomic E-state index is 12.2. The highest BCUT2D eigenvalue weighted by Crippen LogP contribution is 2.26. The summed E-state index contributed by atoms with van der Waals surface area (Å²) in [6.07, 6.45) is 0.384. The molecular weight excluding hydrogens is 272 g/mol. The van der Waals surface area contributed by atoms with Crippen LogP contribution in [0.4, 0.5) is 5.69 Å². The number of benzene rings is 1. The van der Waals surface area contributed by atoms with Crippen molar-refractivity contribution in [2.45, 2.75) is 31.2 Å². The molecule has 0 aliphatic heterocycles. The number of aliphatic hydroxyl groups excluding tert-OH is 1. The standard InChI is InChI=1S/C11H16N2O5S/c1-3-9(7-14)12-19(17,18)11-8(2)5-4-6-10(11)13(15)16/h4-6,9,12,14H,3,7H2,1-2H3/t9-/m1/s1. The van der Waals surface area contributed by atoms with Gasteiger partial charge in [0.25, 0.3) is 5.69 Å². The molecule has 1 aromatic rings. The van der Waals surface area contributed by atoms with E-state index in [1.54, 1.807) is 6.92 Å². The predicted molar refractivity (Wildman–Crippen MR) is 69.3 cm³/mol. The molecule has 0 saturated carbocycles. The second kappa shape index (κ2) is 6.09. The number of hydrogen-bond acceptors (Lipinski definition) is 5. The van der Waals surface area contributed by atoms with Crippen LogP contribution in [0.15, 0.2) is 23.1 Å². The lowest BCUT2D eigenvalue weighted by Crippen LogP contribution is -2.37. The molecule has 19 heavy (non-hydrogen) atoms. The number of hydrogen-bond donors (Lipinski definition) is 2. The normalized spacial score (nSPS) is 13.2. The van der Waals surface area contributed by atoms with E-state index in [0.29, 0.717) is 6.42 Å². The van der Waals surface area contributed by atoms with Crippen molar-refractivity contribution in [1.82, 2.24) is 4.72 Å². The van der Waals surface area contributed by atoms with Gasteiger partial charge in [-0.3, -0.25) is 10.1 Å². The molecule has 1 atom stereocenters. The molecule has 0 spiro atoms. The van der Waals surface area contributed by atoms with Crippen molar-refractivity contribution in [3.63, 3.8) is 0 Å². The Kier molecular flexibility index (Phi) is 4.98. The molecule has 0 aliphatic rings. The molecule has 0 radical (unpaired) electrons. The number of aryl methyl sites for hydroxylation is 1. The lowest BCUT2D eigenvalue weighted by molar-refractivity contribution is -0.387. The first kappa shape index (κ1) is 15.5. The van der Waals surface area contributed by atoms with Gasteiger partial charge in [0, 0.05) is 12.1 Å². The fourth-order valence-corrected chi connectivity index (χ4v) is 3.37. The summed E-state index contributed by atoms with van der Waals surface area (Å²) < 4.78 is 26.6. The van der Waals surface area contributed by atoms with E-state index in [-0.39, 0.29) is 17.1 Å². The van der Waals surface area contributed by atoms with Gasteiger partial charge in [0.05, 0.1) is 11.5 Å². The molecule has 0 aliphatic carbocycles. The zero-order chi connectivity index (χ0) is 14.6. The molecule has 8 heteroatoms. The van der Waals surface area contributed by atoms with Crippen LogP contribution in [-0.2, 0) is 10.0 Å². The van der Waals surface area contributed by atoms with E-state index in [9.17, 15) is 18.5 Å². The van der Waals surface area contributed by atoms with Gasteiger partial charge in [-0.2, -0.15) is 0 Å². The molecule has 0 heterocycles. The number of nitro benzene ring substituents is 1. The number of nitrogens with zero attached hydrogens (tertiary/aromatic N) is 1. The van der Waals surface area contributed by atoms with Gasteiger partial charge in [-0.15, -0.1) is 0 Å². The number of nitrogens with one attached hydrogen (secondary N) is 1. The fourth-order valence-electron chi connectivity index (χ4n) is 1.66. The lowest BCUT2D eigenvalue weighted by Gasteiger charge is -2.15. The molecule has 2 N–H and O–H groups in total. The van der Waals surface area contributed by atoms with E-state index in [1.807, 2.05) is 0 Å². The molecule has 0 amide bonds. The Hall–Kier alpha value is -1.51. The van der Waals surface area contributed by atoms with Crippen molar-refractivity contribution in [2.75, 3.05) is 6.61 Å². The van der Waals surface area contributed by atoms with Crippen LogP contribution in [0, 0.1) is 17.0 Å². The molecule has 0 unspecified atom stereocenters. The Morgan fingerprint density at radius 3 is 2.58 bits per heavy atom. The summed E-state index contributed by atoms with van der Waals surface area (Å²) in [5.41, 5.74) is -0.185. The van der Waals surface area contributed by atoms with Crippen molar-refractivity contribution < 1.29 is 18.4 Å². The summed E-state index contributed by atoms with van der Waals surface area (Å²) >= 11 is 0. The van der Waals surface area contributed by atoms with Crippen LogP contribution >= 0.6 is 0 Å². The average molecular weight is 288 g/mol. The lowest BCUT2D eigenvalue weighted by atomic mass is 10.2. The Morgan fingerprint density at radius 2 is 2.11 bits per heavy atom. The third-order valence-corrected chi connectivity index (χ3v) is 4.40. The molecule has 7 nitrogen and oxygen atoms in total. The summed E-state index contributed by atoms with van der Waals surface area (Å²) in [4.78, 5) is 9.82. The summed E-state index contributed by atoms with van der Waals surface area (Å²) in [6, 6.07) is 3.39. The summed E-state index contributed by atoms with van der Waals surface area (Å²) in [5.74, 6) is 0. The smallest absolute Gasteiger partial charge is 0.289 e. The predicted octanol–water partition coefficient (Wildman–Crippen LogP) is 0.952. The maximum Gasteiger partial charge on any atom is 0.289 e. The van der Waals surface area contributed by atoms with Crippen molar-refractivity contribution in [2.24, 2.45) is 0 Å². The summed E-state index contributed by atoms with van der Waals surface area (Å²) in [7, 11) is -4.04. The first-order valence-electron chi connectivity index (χ1n) is 5.70. The van der Waals surface area contributed by atoms with Crippen molar-refractivity contribution in [1.29, 1.82) is 0 Å². The molecule has 0 fully saturated rings. The zero-order valence-corrected chi connectivity index (χ0v) is 11.5. The molecule has 106 valence electrons. The maximum absolute atomic E-state index is 12.2. The Bertz CT molecular complexity index is 566. The van der Waals surface area contributed by atoms with Gasteiger partial charge in [-0.1, -0.05) is 19.1 Å². The van der Waals surface area contributed by atoms with Gasteiger partial charge < -0.3 is 5.11 Å². The Labute approximate surface area is 111 Å². The van der Waals surface area contributed by atoms with E-state index in [1.165, 1.54) is 19.1 Å². The minimum atomic E-state index is -4.04. The molecule has 0 bridgehead atoms. The third kappa shape index (κ3) is 3.49. The van der Waals surface area contributed by atoms with Gasteiger partial charge >= 0.3 is 0 Å². The van der Waals surface area contributed by atoms with Gasteiger partial charge in [0.2, 0.25) is 10.0 Å². The second-order valence-electron chi connectivity index (χ2n) is 4.09. The minimum Gasteiger partial charge on any atom is -0.395 e. The number of aliphatic hydroxyl groups is 1. The van der Waals surface area contributed by atoms with Gasteiger partial charge in [-0.25, -0.2) is 13.1 Å². The van der Waals surface area contributed by atoms with E-state index >= 15 is 0 Å². The van der Waals surface area contributed by atoms with Gasteiger partial charge in [-0.05, 0) is 18.9 Å². The van der Waals surface area contributed by atoms with Crippen LogP contribution in [0.1, 0.15) is 18.9 Å². The molecular formula is C11H16N2O5S. The highest BCUT2D eigenvalue weighted by Gasteiger charge is 2.29. The van der Waals surface area contributed by atoms with E-state index in [4.69, 9.17) is 5.11 Å². The summed E-state index contributed by atoms with van der Waals surface area (Å²) in [5, 5.41) is 19.9. The van der Waals surface area contributed by atoms with E-state index in [2.05, 4.69) is 4.72 Å². The minimum absolute atomic E-state index is 0.287. The molecule has 0 aromatic heterocycles. The Balaban J connectivity index is 3.32. The third-order valence-electron chi connectivity index (χ3n) is 2.69. The number of nitro groups is 1. The first-order chi connectivity index (χ1) is 8.83. The highest BCUT2D eigenvalue weighted by molar-refractivity contribution is 7.89. The highest BCUT2D eigenvalue weighted by atomic mass is 32.2. The van der Waals surface area contributed by atoms with Crippen molar-refractivity contribution in [3.05, 3.63) is 33.9 Å². The van der Waals surface area contributed by atoms with Crippen molar-refractivity contribution in [3.8, 4) is 0 Å². The van der Waals surface area contributed by atoms with Crippen LogP contribution in [0.3, 0.4) is 0 Å². The quantitative estimate of drug-likeness (QED) is 0.598.